The second-order valence-electron chi connectivity index (χ2n) is 4.90. The number of esters is 1. The number of rotatable bonds is 6. The highest BCUT2D eigenvalue weighted by atomic mass is 32.1. The number of benzene rings is 1. The summed E-state index contributed by atoms with van der Waals surface area (Å²) in [6.45, 7) is -0.174. The summed E-state index contributed by atoms with van der Waals surface area (Å²) in [5, 5.41) is 8.42. The highest BCUT2D eigenvalue weighted by Crippen LogP contribution is 2.25. The van der Waals surface area contributed by atoms with E-state index in [9.17, 15) is 9.59 Å². The number of amides is 1. The lowest BCUT2D eigenvalue weighted by molar-refractivity contribution is -0.142. The molecule has 8 heteroatoms. The predicted octanol–water partition coefficient (Wildman–Crippen LogP) is 3.21. The van der Waals surface area contributed by atoms with Crippen LogP contribution in [0.15, 0.2) is 52.4 Å². The Kier molecular flexibility index (Phi) is 5.10. The normalized spacial score (nSPS) is 10.3. The van der Waals surface area contributed by atoms with E-state index in [0.717, 1.165) is 4.88 Å². The molecule has 7 nitrogen and oxygen atoms in total. The molecule has 0 fully saturated rings. The number of thiophene rings is 1. The number of carbonyl (C=O) groups excluding carboxylic acids is 2. The first-order chi connectivity index (χ1) is 12.2. The lowest BCUT2D eigenvalue weighted by Gasteiger charge is -2.06. The smallest absolute Gasteiger partial charge is 0.343 e. The van der Waals surface area contributed by atoms with Crippen LogP contribution in [0.4, 0.5) is 5.69 Å². The fourth-order valence-electron chi connectivity index (χ4n) is 1.95. The molecule has 128 valence electrons. The molecule has 0 unspecified atom stereocenters. The molecule has 1 aromatic carbocycles. The van der Waals surface area contributed by atoms with E-state index in [1.807, 2.05) is 17.5 Å². The molecule has 2 aromatic heterocycles. The van der Waals surface area contributed by atoms with E-state index < -0.39 is 5.97 Å². The molecule has 0 aliphatic carbocycles. The third-order valence-corrected chi connectivity index (χ3v) is 4.09. The van der Waals surface area contributed by atoms with Gasteiger partial charge in [-0.1, -0.05) is 11.2 Å². The molecular formula is C17H14N2O5S. The van der Waals surface area contributed by atoms with E-state index in [1.54, 1.807) is 30.3 Å². The SMILES string of the molecule is COC(=O)COc1ccc(NC(=O)c2cc(-c3cccs3)on2)cc1. The summed E-state index contributed by atoms with van der Waals surface area (Å²) >= 11 is 1.50. The summed E-state index contributed by atoms with van der Waals surface area (Å²) in [7, 11) is 1.29. The van der Waals surface area contributed by atoms with Gasteiger partial charge in [-0.25, -0.2) is 4.79 Å². The first-order valence-electron chi connectivity index (χ1n) is 7.27. The number of ether oxygens (including phenoxy) is 2. The van der Waals surface area contributed by atoms with Crippen LogP contribution >= 0.6 is 11.3 Å². The van der Waals surface area contributed by atoms with Crippen molar-refractivity contribution in [2.75, 3.05) is 19.0 Å². The summed E-state index contributed by atoms with van der Waals surface area (Å²) in [5.74, 6) is 0.191. The van der Waals surface area contributed by atoms with E-state index in [1.165, 1.54) is 18.4 Å². The zero-order valence-corrected chi connectivity index (χ0v) is 14.0. The monoisotopic (exact) mass is 358 g/mol. The van der Waals surface area contributed by atoms with Crippen LogP contribution in [-0.4, -0.2) is 30.7 Å². The maximum atomic E-state index is 12.2. The lowest BCUT2D eigenvalue weighted by atomic mass is 10.2. The van der Waals surface area contributed by atoms with Gasteiger partial charge in [-0.3, -0.25) is 4.79 Å². The fourth-order valence-corrected chi connectivity index (χ4v) is 2.62. The van der Waals surface area contributed by atoms with Crippen molar-refractivity contribution in [1.82, 2.24) is 5.16 Å². The molecule has 3 aromatic rings. The van der Waals surface area contributed by atoms with E-state index >= 15 is 0 Å². The van der Waals surface area contributed by atoms with Gasteiger partial charge in [0, 0.05) is 11.8 Å². The average Bonchev–Trinajstić information content (AvgIpc) is 3.31. The lowest BCUT2D eigenvalue weighted by Crippen LogP contribution is -2.13. The minimum atomic E-state index is -0.468. The molecule has 25 heavy (non-hydrogen) atoms. The molecule has 0 bridgehead atoms. The number of anilines is 1. The number of nitrogens with zero attached hydrogens (tertiary/aromatic N) is 1. The molecule has 1 N–H and O–H groups in total. The Bertz CT molecular complexity index is 856. The minimum absolute atomic E-state index is 0.174. The predicted molar refractivity (Wildman–Crippen MR) is 91.7 cm³/mol. The second kappa shape index (κ2) is 7.63. The molecular weight excluding hydrogens is 344 g/mol. The highest BCUT2D eigenvalue weighted by molar-refractivity contribution is 7.13. The number of carbonyl (C=O) groups is 2. The molecule has 0 aliphatic rings. The molecule has 0 saturated carbocycles. The van der Waals surface area contributed by atoms with Crippen LogP contribution in [-0.2, 0) is 9.53 Å². The molecule has 0 spiro atoms. The average molecular weight is 358 g/mol. The van der Waals surface area contributed by atoms with Crippen molar-refractivity contribution >= 4 is 28.9 Å². The van der Waals surface area contributed by atoms with Crippen molar-refractivity contribution in [2.45, 2.75) is 0 Å². The van der Waals surface area contributed by atoms with Gasteiger partial charge in [-0.2, -0.15) is 0 Å². The molecule has 0 atom stereocenters. The third kappa shape index (κ3) is 4.24. The van der Waals surface area contributed by atoms with Gasteiger partial charge >= 0.3 is 5.97 Å². The largest absolute Gasteiger partial charge is 0.482 e. The van der Waals surface area contributed by atoms with Gasteiger partial charge in [0.25, 0.3) is 5.91 Å². The highest BCUT2D eigenvalue weighted by Gasteiger charge is 2.14. The molecule has 0 saturated heterocycles. The van der Waals surface area contributed by atoms with E-state index in [-0.39, 0.29) is 18.2 Å². The van der Waals surface area contributed by atoms with E-state index in [0.29, 0.717) is 17.2 Å². The van der Waals surface area contributed by atoms with Gasteiger partial charge in [0.1, 0.15) is 5.75 Å². The first kappa shape index (κ1) is 16.7. The van der Waals surface area contributed by atoms with E-state index in [4.69, 9.17) is 9.26 Å². The zero-order valence-electron chi connectivity index (χ0n) is 13.2. The Morgan fingerprint density at radius 3 is 2.72 bits per heavy atom. The van der Waals surface area contributed by atoms with Crippen LogP contribution in [0.5, 0.6) is 5.75 Å². The Morgan fingerprint density at radius 1 is 1.24 bits per heavy atom. The summed E-state index contributed by atoms with van der Waals surface area (Å²) in [4.78, 5) is 24.1. The van der Waals surface area contributed by atoms with Crippen molar-refractivity contribution in [3.63, 3.8) is 0 Å². The Labute approximate surface area is 147 Å². The quantitative estimate of drug-likeness (QED) is 0.681. The van der Waals surface area contributed by atoms with Crippen molar-refractivity contribution in [3.8, 4) is 16.4 Å². The Balaban J connectivity index is 1.60. The topological polar surface area (TPSA) is 90.7 Å². The van der Waals surface area contributed by atoms with Crippen molar-refractivity contribution in [2.24, 2.45) is 0 Å². The van der Waals surface area contributed by atoms with Crippen LogP contribution in [0.3, 0.4) is 0 Å². The second-order valence-corrected chi connectivity index (χ2v) is 5.84. The van der Waals surface area contributed by atoms with Crippen LogP contribution in [0, 0.1) is 0 Å². The van der Waals surface area contributed by atoms with Crippen molar-refractivity contribution in [3.05, 3.63) is 53.5 Å². The number of nitrogens with one attached hydrogen (secondary N) is 1. The maximum absolute atomic E-state index is 12.2. The third-order valence-electron chi connectivity index (χ3n) is 3.20. The Morgan fingerprint density at radius 2 is 2.04 bits per heavy atom. The van der Waals surface area contributed by atoms with Gasteiger partial charge in [0.15, 0.2) is 18.1 Å². The maximum Gasteiger partial charge on any atom is 0.343 e. The van der Waals surface area contributed by atoms with Gasteiger partial charge in [-0.15, -0.1) is 11.3 Å². The number of hydrogen-bond acceptors (Lipinski definition) is 7. The summed E-state index contributed by atoms with van der Waals surface area (Å²) in [5.41, 5.74) is 0.755. The standard InChI is InChI=1S/C17H14N2O5S/c1-22-16(20)10-23-12-6-4-11(5-7-12)18-17(21)13-9-14(24-19-13)15-3-2-8-25-15/h2-9H,10H2,1H3,(H,18,21). The number of aromatic nitrogens is 1. The van der Waals surface area contributed by atoms with Crippen LogP contribution < -0.4 is 10.1 Å². The van der Waals surface area contributed by atoms with Crippen LogP contribution in [0.1, 0.15) is 10.5 Å². The molecule has 0 aliphatic heterocycles. The fraction of sp³-hybridized carbons (Fsp3) is 0.118. The number of methoxy groups -OCH3 is 1. The molecule has 3 rings (SSSR count). The van der Waals surface area contributed by atoms with Gasteiger partial charge in [0.2, 0.25) is 0 Å². The zero-order chi connectivity index (χ0) is 17.6. The van der Waals surface area contributed by atoms with Gasteiger partial charge in [0.05, 0.1) is 12.0 Å². The molecule has 0 radical (unpaired) electrons. The minimum Gasteiger partial charge on any atom is -0.482 e. The number of hydrogen-bond donors (Lipinski definition) is 1. The van der Waals surface area contributed by atoms with Gasteiger partial charge in [-0.05, 0) is 35.7 Å². The van der Waals surface area contributed by atoms with Crippen LogP contribution in [0.25, 0.3) is 10.6 Å². The van der Waals surface area contributed by atoms with Crippen molar-refractivity contribution in [1.29, 1.82) is 0 Å². The molecule has 2 heterocycles. The summed E-state index contributed by atoms with van der Waals surface area (Å²) < 4.78 is 14.9. The van der Waals surface area contributed by atoms with E-state index in [2.05, 4.69) is 15.2 Å². The Hall–Kier alpha value is -3.13. The van der Waals surface area contributed by atoms with Gasteiger partial charge < -0.3 is 19.3 Å². The summed E-state index contributed by atoms with van der Waals surface area (Å²) in [6.07, 6.45) is 0. The first-order valence-corrected chi connectivity index (χ1v) is 8.15. The van der Waals surface area contributed by atoms with Crippen LogP contribution in [0.2, 0.25) is 0 Å². The van der Waals surface area contributed by atoms with Crippen molar-refractivity contribution < 1.29 is 23.6 Å². The summed E-state index contributed by atoms with van der Waals surface area (Å²) in [6, 6.07) is 12.0. The molecule has 1 amide bonds.